The predicted octanol–water partition coefficient (Wildman–Crippen LogP) is 0.469. The van der Waals surface area contributed by atoms with Gasteiger partial charge in [-0.2, -0.15) is 0 Å². The molecule has 0 aromatic carbocycles. The summed E-state index contributed by atoms with van der Waals surface area (Å²) in [6, 6.07) is 0. The van der Waals surface area contributed by atoms with Crippen molar-refractivity contribution in [3.05, 3.63) is 0 Å². The molecule has 0 aromatic rings. The normalized spacial score (nSPS) is 5.25. The summed E-state index contributed by atoms with van der Waals surface area (Å²) in [6.07, 6.45) is 0. The second kappa shape index (κ2) is 2.92. The molecule has 0 aliphatic carbocycles. The van der Waals surface area contributed by atoms with Crippen LogP contribution in [0.25, 0.3) is 0 Å². The molecule has 0 fully saturated rings. The van der Waals surface area contributed by atoms with Gasteiger partial charge < -0.3 is 5.11 Å². The lowest BCUT2D eigenvalue weighted by Crippen LogP contribution is -1.44. The van der Waals surface area contributed by atoms with Crippen molar-refractivity contribution in [1.82, 2.24) is 0 Å². The molecule has 0 aromatic heterocycles. The molecule has 0 saturated carbocycles. The van der Waals surface area contributed by atoms with Crippen LogP contribution >= 0.6 is 10.9 Å². The summed E-state index contributed by atoms with van der Waals surface area (Å²) in [5, 5.41) is 7.65. The second-order valence-electron chi connectivity index (χ2n) is 0.272. The van der Waals surface area contributed by atoms with Crippen LogP contribution in [0.15, 0.2) is 0 Å². The minimum absolute atomic E-state index is 0.931. The molecule has 0 bridgehead atoms. The first-order valence-corrected chi connectivity index (χ1v) is 1.83. The summed E-state index contributed by atoms with van der Waals surface area (Å²) in [7, 11) is 1.04. The molecule has 0 unspecified atom stereocenters. The Labute approximate surface area is 28.4 Å². The molecule has 2 heteroatoms. The summed E-state index contributed by atoms with van der Waals surface area (Å²) in [5.41, 5.74) is 0.931. The van der Waals surface area contributed by atoms with Crippen LogP contribution in [0.3, 0.4) is 0 Å². The van der Waals surface area contributed by atoms with Gasteiger partial charge in [0, 0.05) is 0 Å². The topological polar surface area (TPSA) is 20.2 Å². The maximum Gasteiger partial charge on any atom is 0.0869 e. The summed E-state index contributed by atoms with van der Waals surface area (Å²) in [5.74, 6) is 3.22. The summed E-state index contributed by atoms with van der Waals surface area (Å²) >= 11 is 0. The molecule has 0 aliphatic rings. The van der Waals surface area contributed by atoms with E-state index in [1.54, 1.807) is 0 Å². The predicted molar refractivity (Wildman–Crippen MR) is 23.4 cm³/mol. The van der Waals surface area contributed by atoms with E-state index in [0.717, 1.165) is 16.5 Å². The lowest BCUT2D eigenvalue weighted by molar-refractivity contribution is 0.593. The fourth-order valence-corrected chi connectivity index (χ4v) is 0. The maximum absolute atomic E-state index is 7.65. The number of hydrogen-bond acceptors (Lipinski definition) is 0. The zero-order valence-electron chi connectivity index (χ0n) is 2.14. The molecule has 0 aliphatic heterocycles. The number of hydrogen-bond donors (Lipinski definition) is 1. The Morgan fingerprint density at radius 3 is 2.25 bits per heavy atom. The number of rotatable bonds is 0. The monoisotopic (exact) mass is 76.0 g/mol. The largest absolute Gasteiger partial charge is 0.358 e. The van der Waals surface area contributed by atoms with Crippen LogP contribution in [0.1, 0.15) is 0 Å². The fourth-order valence-electron chi connectivity index (χ4n) is 0. The van der Waals surface area contributed by atoms with Crippen LogP contribution < -0.4 is 0 Å². The van der Waals surface area contributed by atoms with Crippen LogP contribution in [0.2, 0.25) is 0 Å². The molecule has 0 radical (unpaired) electrons. The van der Waals surface area contributed by atoms with Crippen molar-refractivity contribution in [2.75, 3.05) is 0 Å². The minimum Gasteiger partial charge on any atom is -0.358 e. The Balaban J connectivity index is 3.11. The van der Waals surface area contributed by atoms with Gasteiger partial charge in [-0.05, 0) is 5.87 Å². The van der Waals surface area contributed by atoms with Crippen molar-refractivity contribution in [2.45, 2.75) is 0 Å². The second-order valence-corrected chi connectivity index (χ2v) is 0.816. The molecule has 4 heavy (non-hydrogen) atoms. The van der Waals surface area contributed by atoms with E-state index in [-0.39, 0.29) is 0 Å². The third-order valence-electron chi connectivity index (χ3n) is 0.0745. The standard InChI is InChI=1S/C2H4OS/c1-4-2-3/h2-3H,1H2. The third-order valence-corrected chi connectivity index (χ3v) is 0.224. The number of aliphatic hydroxyl groups excluding tert-OH is 1. The highest BCUT2D eigenvalue weighted by atomic mass is 32.1. The Kier molecular flexibility index (Phi) is 2.86. The Morgan fingerprint density at radius 1 is 2.00 bits per heavy atom. The highest BCUT2D eigenvalue weighted by Crippen LogP contribution is 1.40. The van der Waals surface area contributed by atoms with Gasteiger partial charge in [-0.25, -0.2) is 0 Å². The van der Waals surface area contributed by atoms with E-state index in [9.17, 15) is 0 Å². The van der Waals surface area contributed by atoms with Crippen molar-refractivity contribution in [1.29, 1.82) is 0 Å². The van der Waals surface area contributed by atoms with E-state index in [2.05, 4.69) is 5.87 Å². The average Bonchev–Trinajstić information content (AvgIpc) is 1.37. The minimum atomic E-state index is 0.931. The Hall–Kier alpha value is -0.0800. The summed E-state index contributed by atoms with van der Waals surface area (Å²) < 4.78 is 0. The summed E-state index contributed by atoms with van der Waals surface area (Å²) in [6.45, 7) is 0. The highest BCUT2D eigenvalue weighted by molar-refractivity contribution is 7.94. The van der Waals surface area contributed by atoms with E-state index >= 15 is 0 Å². The van der Waals surface area contributed by atoms with Crippen LogP contribution in [-0.2, 0) is 0 Å². The SMILES string of the molecule is C=S=CO. The first kappa shape index (κ1) is 3.92. The quantitative estimate of drug-likeness (QED) is 0.416. The Bertz CT molecular complexity index is 44.0. The van der Waals surface area contributed by atoms with Crippen LogP contribution in [0.4, 0.5) is 0 Å². The molecule has 1 nitrogen and oxygen atoms in total. The number of aliphatic hydroxyl groups is 1. The summed E-state index contributed by atoms with van der Waals surface area (Å²) in [4.78, 5) is 0. The molecule has 1 N–H and O–H groups in total. The molecule has 0 rings (SSSR count). The van der Waals surface area contributed by atoms with Gasteiger partial charge in [-0.1, -0.05) is 0 Å². The molecule has 0 spiro atoms. The van der Waals surface area contributed by atoms with Gasteiger partial charge in [-0.15, -0.1) is 10.9 Å². The van der Waals surface area contributed by atoms with Crippen molar-refractivity contribution >= 4 is 22.4 Å². The molecule has 0 amide bonds. The molecular weight excluding hydrogens is 72.1 g/mol. The lowest BCUT2D eigenvalue weighted by Gasteiger charge is -1.41. The lowest BCUT2D eigenvalue weighted by atomic mass is 11.7. The van der Waals surface area contributed by atoms with Crippen LogP contribution in [0.5, 0.6) is 0 Å². The van der Waals surface area contributed by atoms with E-state index in [1.807, 2.05) is 0 Å². The van der Waals surface area contributed by atoms with Gasteiger partial charge in [0.1, 0.15) is 0 Å². The van der Waals surface area contributed by atoms with E-state index in [1.165, 1.54) is 0 Å². The van der Waals surface area contributed by atoms with Crippen molar-refractivity contribution in [2.24, 2.45) is 0 Å². The zero-order chi connectivity index (χ0) is 3.41. The van der Waals surface area contributed by atoms with Crippen molar-refractivity contribution in [3.63, 3.8) is 0 Å². The molecular formula is C2H4OS. The molecule has 0 saturated heterocycles. The molecule has 0 atom stereocenters. The van der Waals surface area contributed by atoms with Crippen molar-refractivity contribution in [3.8, 4) is 0 Å². The highest BCUT2D eigenvalue weighted by Gasteiger charge is 1.23. The van der Waals surface area contributed by atoms with Gasteiger partial charge in [0.2, 0.25) is 0 Å². The van der Waals surface area contributed by atoms with Gasteiger partial charge in [0.05, 0.1) is 5.55 Å². The zero-order valence-corrected chi connectivity index (χ0v) is 2.96. The molecule has 24 valence electrons. The maximum atomic E-state index is 7.65. The van der Waals surface area contributed by atoms with E-state index in [0.29, 0.717) is 0 Å². The van der Waals surface area contributed by atoms with E-state index in [4.69, 9.17) is 5.11 Å². The van der Waals surface area contributed by atoms with Crippen LogP contribution in [-0.4, -0.2) is 16.5 Å². The first-order chi connectivity index (χ1) is 1.91. The van der Waals surface area contributed by atoms with Gasteiger partial charge in [-0.3, -0.25) is 0 Å². The Morgan fingerprint density at radius 2 is 2.25 bits per heavy atom. The van der Waals surface area contributed by atoms with Crippen molar-refractivity contribution < 1.29 is 5.11 Å². The third kappa shape index (κ3) is 1.92. The van der Waals surface area contributed by atoms with Gasteiger partial charge >= 0.3 is 0 Å². The van der Waals surface area contributed by atoms with Crippen LogP contribution in [0, 0.1) is 0 Å². The smallest absolute Gasteiger partial charge is 0.0869 e. The van der Waals surface area contributed by atoms with Gasteiger partial charge in [0.25, 0.3) is 0 Å². The average molecular weight is 76.1 g/mol. The van der Waals surface area contributed by atoms with Gasteiger partial charge in [0.15, 0.2) is 0 Å². The fraction of sp³-hybridized carbons (Fsp3) is 0. The van der Waals surface area contributed by atoms with E-state index < -0.39 is 0 Å². The molecule has 0 heterocycles. The first-order valence-electron chi connectivity index (χ1n) is 0.783.